The molecule has 23 heavy (non-hydrogen) atoms. The molecular formula is C13H22ClN3O5S. The highest BCUT2D eigenvalue weighted by molar-refractivity contribution is 7.89. The Balaban J connectivity index is 0.00000484. The first-order valence-electron chi connectivity index (χ1n) is 6.66. The Morgan fingerprint density at radius 3 is 2.65 bits per heavy atom. The fraction of sp³-hybridized carbons (Fsp3) is 0.462. The molecule has 1 amide bonds. The minimum Gasteiger partial charge on any atom is -0.497 e. The summed E-state index contributed by atoms with van der Waals surface area (Å²) in [6.07, 6.45) is 0. The van der Waals surface area contributed by atoms with Crippen molar-refractivity contribution in [1.82, 2.24) is 4.72 Å². The highest BCUT2D eigenvalue weighted by atomic mass is 35.5. The van der Waals surface area contributed by atoms with Crippen molar-refractivity contribution in [3.05, 3.63) is 18.2 Å². The van der Waals surface area contributed by atoms with Gasteiger partial charge in [0.25, 0.3) is 0 Å². The SMILES string of the molecule is CCOCCS(=O)(=O)NCC(=O)Nc1cc(OC)ccc1N.Cl. The summed E-state index contributed by atoms with van der Waals surface area (Å²) in [4.78, 5) is 11.8. The number of amides is 1. The molecule has 0 fully saturated rings. The predicted molar refractivity (Wildman–Crippen MR) is 91.6 cm³/mol. The van der Waals surface area contributed by atoms with E-state index in [4.69, 9.17) is 15.2 Å². The van der Waals surface area contributed by atoms with Crippen LogP contribution >= 0.6 is 12.4 Å². The topological polar surface area (TPSA) is 120 Å². The number of nitrogens with two attached hydrogens (primary N) is 1. The Hall–Kier alpha value is -1.55. The molecule has 1 aromatic carbocycles. The molecule has 1 aromatic rings. The summed E-state index contributed by atoms with van der Waals surface area (Å²) in [5.74, 6) is -0.197. The minimum absolute atomic E-state index is 0. The molecule has 0 radical (unpaired) electrons. The van der Waals surface area contributed by atoms with E-state index in [-0.39, 0.29) is 31.3 Å². The van der Waals surface area contributed by atoms with E-state index in [1.807, 2.05) is 0 Å². The van der Waals surface area contributed by atoms with Gasteiger partial charge in [-0.2, -0.15) is 0 Å². The van der Waals surface area contributed by atoms with E-state index < -0.39 is 15.9 Å². The monoisotopic (exact) mass is 367 g/mol. The zero-order valence-corrected chi connectivity index (χ0v) is 14.6. The van der Waals surface area contributed by atoms with Crippen LogP contribution in [-0.2, 0) is 19.6 Å². The van der Waals surface area contributed by atoms with E-state index in [1.165, 1.54) is 7.11 Å². The van der Waals surface area contributed by atoms with Crippen molar-refractivity contribution in [1.29, 1.82) is 0 Å². The Labute approximate surface area is 142 Å². The van der Waals surface area contributed by atoms with E-state index in [0.29, 0.717) is 23.7 Å². The van der Waals surface area contributed by atoms with Gasteiger partial charge in [0.1, 0.15) is 5.75 Å². The lowest BCUT2D eigenvalue weighted by atomic mass is 10.2. The Morgan fingerprint density at radius 1 is 1.35 bits per heavy atom. The summed E-state index contributed by atoms with van der Waals surface area (Å²) in [5, 5.41) is 2.52. The van der Waals surface area contributed by atoms with Gasteiger partial charge in [0.15, 0.2) is 0 Å². The van der Waals surface area contributed by atoms with Crippen molar-refractivity contribution >= 4 is 39.7 Å². The van der Waals surface area contributed by atoms with E-state index in [0.717, 1.165) is 0 Å². The van der Waals surface area contributed by atoms with Gasteiger partial charge >= 0.3 is 0 Å². The van der Waals surface area contributed by atoms with Crippen LogP contribution < -0.4 is 20.5 Å². The number of rotatable bonds is 9. The number of ether oxygens (including phenoxy) is 2. The van der Waals surface area contributed by atoms with Crippen molar-refractivity contribution in [2.45, 2.75) is 6.92 Å². The number of halogens is 1. The summed E-state index contributed by atoms with van der Waals surface area (Å²) in [6.45, 7) is 1.90. The summed E-state index contributed by atoms with van der Waals surface area (Å²) >= 11 is 0. The molecule has 0 aliphatic heterocycles. The van der Waals surface area contributed by atoms with Gasteiger partial charge in [-0.3, -0.25) is 4.79 Å². The number of nitrogen functional groups attached to an aromatic ring is 1. The van der Waals surface area contributed by atoms with Crippen LogP contribution in [0.3, 0.4) is 0 Å². The molecule has 0 unspecified atom stereocenters. The molecule has 0 saturated carbocycles. The summed E-state index contributed by atoms with van der Waals surface area (Å²) in [7, 11) is -2.07. The van der Waals surface area contributed by atoms with Crippen LogP contribution in [0.15, 0.2) is 18.2 Å². The van der Waals surface area contributed by atoms with Crippen LogP contribution in [0, 0.1) is 0 Å². The van der Waals surface area contributed by atoms with Crippen molar-refractivity contribution in [3.63, 3.8) is 0 Å². The molecule has 132 valence electrons. The van der Waals surface area contributed by atoms with Crippen LogP contribution in [-0.4, -0.2) is 46.9 Å². The Bertz CT molecular complexity index is 610. The van der Waals surface area contributed by atoms with Crippen LogP contribution in [0.5, 0.6) is 5.75 Å². The standard InChI is InChI=1S/C13H21N3O5S.ClH/c1-3-21-6-7-22(18,19)15-9-13(17)16-12-8-10(20-2)4-5-11(12)14;/h4-5,8,15H,3,6-7,9,14H2,1-2H3,(H,16,17);1H. The van der Waals surface area contributed by atoms with Gasteiger partial charge in [-0.25, -0.2) is 13.1 Å². The zero-order valence-electron chi connectivity index (χ0n) is 13.0. The molecule has 0 spiro atoms. The second-order valence-electron chi connectivity index (χ2n) is 4.34. The van der Waals surface area contributed by atoms with Gasteiger partial charge in [0.05, 0.1) is 37.4 Å². The van der Waals surface area contributed by atoms with Gasteiger partial charge in [-0.15, -0.1) is 12.4 Å². The molecule has 4 N–H and O–H groups in total. The van der Waals surface area contributed by atoms with Crippen LogP contribution in [0.4, 0.5) is 11.4 Å². The van der Waals surface area contributed by atoms with E-state index in [9.17, 15) is 13.2 Å². The number of hydrogen-bond acceptors (Lipinski definition) is 6. The van der Waals surface area contributed by atoms with E-state index in [1.54, 1.807) is 25.1 Å². The van der Waals surface area contributed by atoms with Crippen molar-refractivity contribution in [2.75, 3.05) is 43.7 Å². The molecule has 0 bridgehead atoms. The quantitative estimate of drug-likeness (QED) is 0.434. The van der Waals surface area contributed by atoms with E-state index >= 15 is 0 Å². The van der Waals surface area contributed by atoms with Crippen molar-refractivity contribution in [2.24, 2.45) is 0 Å². The first-order chi connectivity index (χ1) is 10.4. The molecule has 10 heteroatoms. The number of benzene rings is 1. The summed E-state index contributed by atoms with van der Waals surface area (Å²) < 4.78 is 35.4. The molecular weight excluding hydrogens is 346 g/mol. The third kappa shape index (κ3) is 8.03. The average Bonchev–Trinajstić information content (AvgIpc) is 2.48. The Morgan fingerprint density at radius 2 is 2.04 bits per heavy atom. The maximum atomic E-state index is 11.8. The van der Waals surface area contributed by atoms with Gasteiger partial charge in [-0.1, -0.05) is 0 Å². The molecule has 0 aromatic heterocycles. The lowest BCUT2D eigenvalue weighted by molar-refractivity contribution is -0.115. The fourth-order valence-corrected chi connectivity index (χ4v) is 2.36. The van der Waals surface area contributed by atoms with Gasteiger partial charge in [0.2, 0.25) is 15.9 Å². The normalized spacial score (nSPS) is 10.7. The van der Waals surface area contributed by atoms with Crippen molar-refractivity contribution < 1.29 is 22.7 Å². The molecule has 0 heterocycles. The average molecular weight is 368 g/mol. The first kappa shape index (κ1) is 21.4. The predicted octanol–water partition coefficient (Wildman–Crippen LogP) is 0.594. The summed E-state index contributed by atoms with van der Waals surface area (Å²) in [5.41, 5.74) is 6.44. The number of carbonyl (C=O) groups excluding carboxylic acids is 1. The third-order valence-electron chi connectivity index (χ3n) is 2.69. The smallest absolute Gasteiger partial charge is 0.239 e. The number of sulfonamides is 1. The number of hydrogen-bond donors (Lipinski definition) is 3. The molecule has 0 aliphatic carbocycles. The van der Waals surface area contributed by atoms with Gasteiger partial charge in [0, 0.05) is 12.7 Å². The lowest BCUT2D eigenvalue weighted by Crippen LogP contribution is -2.35. The largest absolute Gasteiger partial charge is 0.497 e. The number of carbonyl (C=O) groups is 1. The number of methoxy groups -OCH3 is 1. The highest BCUT2D eigenvalue weighted by Gasteiger charge is 2.13. The van der Waals surface area contributed by atoms with Crippen molar-refractivity contribution in [3.8, 4) is 5.75 Å². The number of anilines is 2. The van der Waals surface area contributed by atoms with Crippen LogP contribution in [0.2, 0.25) is 0 Å². The first-order valence-corrected chi connectivity index (χ1v) is 8.31. The molecule has 8 nitrogen and oxygen atoms in total. The third-order valence-corrected chi connectivity index (χ3v) is 3.98. The van der Waals surface area contributed by atoms with E-state index in [2.05, 4.69) is 10.0 Å². The molecule has 0 atom stereocenters. The fourth-order valence-electron chi connectivity index (χ4n) is 1.53. The van der Waals surface area contributed by atoms with Gasteiger partial charge in [-0.05, 0) is 19.1 Å². The maximum absolute atomic E-state index is 11.8. The summed E-state index contributed by atoms with van der Waals surface area (Å²) in [6, 6.07) is 4.79. The molecule has 1 rings (SSSR count). The van der Waals surface area contributed by atoms with Crippen LogP contribution in [0.25, 0.3) is 0 Å². The van der Waals surface area contributed by atoms with Crippen LogP contribution in [0.1, 0.15) is 6.92 Å². The number of nitrogens with one attached hydrogen (secondary N) is 2. The maximum Gasteiger partial charge on any atom is 0.239 e. The second-order valence-corrected chi connectivity index (χ2v) is 6.26. The highest BCUT2D eigenvalue weighted by Crippen LogP contribution is 2.24. The molecule has 0 saturated heterocycles. The lowest BCUT2D eigenvalue weighted by Gasteiger charge is -2.11. The minimum atomic E-state index is -3.56. The molecule has 0 aliphatic rings. The zero-order chi connectivity index (χ0) is 16.6. The second kappa shape index (κ2) is 10.3. The van der Waals surface area contributed by atoms with Gasteiger partial charge < -0.3 is 20.5 Å². The Kier molecular flexibility index (Phi) is 9.58.